The number of fused-ring (bicyclic) bond motifs is 1. The molecule has 0 N–H and O–H groups in total. The lowest BCUT2D eigenvalue weighted by atomic mass is 10.2. The molecule has 7 heteroatoms. The monoisotopic (exact) mass is 361 g/mol. The third-order valence-electron chi connectivity index (χ3n) is 4.68. The lowest BCUT2D eigenvalue weighted by Gasteiger charge is -2.26. The van der Waals surface area contributed by atoms with E-state index in [0.717, 1.165) is 17.5 Å². The van der Waals surface area contributed by atoms with E-state index in [2.05, 4.69) is 4.98 Å². The summed E-state index contributed by atoms with van der Waals surface area (Å²) >= 11 is 0. The maximum atomic E-state index is 12.3. The number of likely N-dealkylation sites (tertiary alicyclic amines) is 1. The van der Waals surface area contributed by atoms with Crippen LogP contribution in [0.15, 0.2) is 12.3 Å². The van der Waals surface area contributed by atoms with Crippen molar-refractivity contribution in [3.63, 3.8) is 0 Å². The Morgan fingerprint density at radius 1 is 1.23 bits per heavy atom. The summed E-state index contributed by atoms with van der Waals surface area (Å²) in [7, 11) is 0. The third-order valence-corrected chi connectivity index (χ3v) is 4.68. The lowest BCUT2D eigenvalue weighted by Crippen LogP contribution is -2.39. The van der Waals surface area contributed by atoms with Gasteiger partial charge < -0.3 is 19.3 Å². The van der Waals surface area contributed by atoms with Crippen molar-refractivity contribution in [1.82, 2.24) is 14.8 Å². The second kappa shape index (κ2) is 6.78. The van der Waals surface area contributed by atoms with Crippen LogP contribution in [0.25, 0.3) is 0 Å². The van der Waals surface area contributed by atoms with Gasteiger partial charge >= 0.3 is 6.09 Å². The van der Waals surface area contributed by atoms with Gasteiger partial charge in [0.25, 0.3) is 0 Å². The number of pyridine rings is 1. The van der Waals surface area contributed by atoms with E-state index in [4.69, 9.17) is 9.47 Å². The minimum Gasteiger partial charge on any atom is -0.472 e. The topological polar surface area (TPSA) is 72.0 Å². The fourth-order valence-corrected chi connectivity index (χ4v) is 3.36. The highest BCUT2D eigenvalue weighted by Gasteiger charge is 2.36. The predicted octanol–water partition coefficient (Wildman–Crippen LogP) is 2.72. The highest BCUT2D eigenvalue weighted by atomic mass is 16.6. The molecule has 1 saturated heterocycles. The standard InChI is InChI=1S/C19H27N3O4/c1-12-6-16(11-22(12)18(24)26-19(3,4)5)25-17-7-14-9-21(13(2)23)10-15(14)8-20-17/h7-8,12,16H,6,9-11H2,1-5H3/t12-,16?/m1/s1. The Hall–Kier alpha value is -2.31. The maximum Gasteiger partial charge on any atom is 0.410 e. The second-order valence-electron chi connectivity index (χ2n) is 8.12. The summed E-state index contributed by atoms with van der Waals surface area (Å²) in [5.74, 6) is 0.596. The number of amides is 2. The van der Waals surface area contributed by atoms with Crippen LogP contribution in [0.4, 0.5) is 4.79 Å². The number of hydrogen-bond acceptors (Lipinski definition) is 5. The molecule has 3 heterocycles. The number of hydrogen-bond donors (Lipinski definition) is 0. The summed E-state index contributed by atoms with van der Waals surface area (Å²) in [5.41, 5.74) is 1.61. The fraction of sp³-hybridized carbons (Fsp3) is 0.632. The molecule has 1 aromatic rings. The van der Waals surface area contributed by atoms with Crippen molar-refractivity contribution < 1.29 is 19.1 Å². The van der Waals surface area contributed by atoms with Gasteiger partial charge in [-0.05, 0) is 38.8 Å². The van der Waals surface area contributed by atoms with Gasteiger partial charge in [-0.25, -0.2) is 9.78 Å². The third kappa shape index (κ3) is 4.08. The number of rotatable bonds is 2. The molecule has 0 aromatic carbocycles. The van der Waals surface area contributed by atoms with E-state index < -0.39 is 5.60 Å². The number of carbonyl (C=O) groups excluding carboxylic acids is 2. The van der Waals surface area contributed by atoms with Gasteiger partial charge in [0.15, 0.2) is 0 Å². The second-order valence-corrected chi connectivity index (χ2v) is 8.12. The van der Waals surface area contributed by atoms with Gasteiger partial charge in [0.1, 0.15) is 11.7 Å². The molecule has 2 amide bonds. The largest absolute Gasteiger partial charge is 0.472 e. The van der Waals surface area contributed by atoms with Gasteiger partial charge in [0, 0.05) is 44.7 Å². The van der Waals surface area contributed by atoms with E-state index in [-0.39, 0.29) is 24.1 Å². The zero-order chi connectivity index (χ0) is 19.1. The average molecular weight is 361 g/mol. The summed E-state index contributed by atoms with van der Waals surface area (Å²) in [6, 6.07) is 1.96. The van der Waals surface area contributed by atoms with E-state index in [9.17, 15) is 9.59 Å². The van der Waals surface area contributed by atoms with Crippen molar-refractivity contribution in [1.29, 1.82) is 0 Å². The summed E-state index contributed by atoms with van der Waals surface area (Å²) in [4.78, 5) is 31.7. The highest BCUT2D eigenvalue weighted by molar-refractivity contribution is 5.74. The minimum atomic E-state index is -0.514. The normalized spacial score (nSPS) is 22.3. The molecule has 0 bridgehead atoms. The smallest absolute Gasteiger partial charge is 0.410 e. The zero-order valence-corrected chi connectivity index (χ0v) is 16.1. The van der Waals surface area contributed by atoms with E-state index in [1.54, 1.807) is 22.9 Å². The average Bonchev–Trinajstić information content (AvgIpc) is 3.08. The Kier molecular flexibility index (Phi) is 4.82. The Balaban J connectivity index is 1.62. The molecule has 0 spiro atoms. The van der Waals surface area contributed by atoms with Crippen molar-refractivity contribution >= 4 is 12.0 Å². The van der Waals surface area contributed by atoms with Gasteiger partial charge in [-0.1, -0.05) is 0 Å². The van der Waals surface area contributed by atoms with E-state index in [1.165, 1.54) is 0 Å². The Labute approximate surface area is 154 Å². The van der Waals surface area contributed by atoms with Crippen LogP contribution in [0.1, 0.15) is 52.2 Å². The Bertz CT molecular complexity index is 713. The van der Waals surface area contributed by atoms with Gasteiger partial charge in [0.05, 0.1) is 6.54 Å². The zero-order valence-electron chi connectivity index (χ0n) is 16.1. The van der Waals surface area contributed by atoms with Crippen LogP contribution in [-0.2, 0) is 22.6 Å². The van der Waals surface area contributed by atoms with Crippen LogP contribution in [0.2, 0.25) is 0 Å². The molecule has 2 atom stereocenters. The Morgan fingerprint density at radius 2 is 1.92 bits per heavy atom. The van der Waals surface area contributed by atoms with Crippen LogP contribution < -0.4 is 4.74 Å². The van der Waals surface area contributed by atoms with Crippen molar-refractivity contribution in [3.05, 3.63) is 23.4 Å². The summed E-state index contributed by atoms with van der Waals surface area (Å²) in [6.07, 6.45) is 2.08. The van der Waals surface area contributed by atoms with Gasteiger partial charge in [0.2, 0.25) is 11.8 Å². The van der Waals surface area contributed by atoms with Crippen LogP contribution >= 0.6 is 0 Å². The molecule has 0 radical (unpaired) electrons. The van der Waals surface area contributed by atoms with Gasteiger partial charge in [-0.15, -0.1) is 0 Å². The predicted molar refractivity (Wildman–Crippen MR) is 95.6 cm³/mol. The highest BCUT2D eigenvalue weighted by Crippen LogP contribution is 2.28. The molecule has 2 aliphatic heterocycles. The van der Waals surface area contributed by atoms with Crippen LogP contribution in [-0.4, -0.2) is 51.1 Å². The number of nitrogens with zero attached hydrogens (tertiary/aromatic N) is 3. The molecule has 26 heavy (non-hydrogen) atoms. The molecule has 7 nitrogen and oxygen atoms in total. The first-order valence-corrected chi connectivity index (χ1v) is 9.02. The molecule has 1 fully saturated rings. The molecule has 0 saturated carbocycles. The van der Waals surface area contributed by atoms with Crippen LogP contribution in [0.5, 0.6) is 5.88 Å². The fourth-order valence-electron chi connectivity index (χ4n) is 3.36. The first-order valence-electron chi connectivity index (χ1n) is 9.02. The van der Waals surface area contributed by atoms with Crippen molar-refractivity contribution in [2.45, 2.75) is 71.9 Å². The van der Waals surface area contributed by atoms with Gasteiger partial charge in [-0.3, -0.25) is 4.79 Å². The van der Waals surface area contributed by atoms with E-state index in [1.807, 2.05) is 33.8 Å². The molecule has 3 rings (SSSR count). The summed E-state index contributed by atoms with van der Waals surface area (Å²) in [6.45, 7) is 10.8. The number of ether oxygens (including phenoxy) is 2. The van der Waals surface area contributed by atoms with E-state index >= 15 is 0 Å². The molecule has 2 aliphatic rings. The number of aromatic nitrogens is 1. The van der Waals surface area contributed by atoms with E-state index in [0.29, 0.717) is 25.5 Å². The lowest BCUT2D eigenvalue weighted by molar-refractivity contribution is -0.129. The van der Waals surface area contributed by atoms with Crippen molar-refractivity contribution in [2.75, 3.05) is 6.54 Å². The van der Waals surface area contributed by atoms with Crippen molar-refractivity contribution in [3.8, 4) is 5.88 Å². The molecule has 0 aliphatic carbocycles. The first kappa shape index (κ1) is 18.5. The van der Waals surface area contributed by atoms with Gasteiger partial charge in [-0.2, -0.15) is 0 Å². The summed E-state index contributed by atoms with van der Waals surface area (Å²) < 4.78 is 11.5. The van der Waals surface area contributed by atoms with Crippen LogP contribution in [0.3, 0.4) is 0 Å². The first-order chi connectivity index (χ1) is 12.1. The molecular weight excluding hydrogens is 334 g/mol. The quantitative estimate of drug-likeness (QED) is 0.810. The minimum absolute atomic E-state index is 0.0532. The van der Waals surface area contributed by atoms with Crippen LogP contribution in [0, 0.1) is 0 Å². The molecule has 1 aromatic heterocycles. The molecular formula is C19H27N3O4. The summed E-state index contributed by atoms with van der Waals surface area (Å²) in [5, 5.41) is 0. The SMILES string of the molecule is CC(=O)N1Cc2cnc(OC3C[C@@H](C)N(C(=O)OC(C)(C)C)C3)cc2C1. The van der Waals surface area contributed by atoms with Crippen molar-refractivity contribution in [2.24, 2.45) is 0 Å². The number of carbonyl (C=O) groups is 2. The molecule has 142 valence electrons. The molecule has 1 unspecified atom stereocenters. The Morgan fingerprint density at radius 3 is 2.58 bits per heavy atom. The maximum absolute atomic E-state index is 12.3.